The number of likely N-dealkylation sites (tertiary alicyclic amines) is 1. The van der Waals surface area contributed by atoms with Crippen LogP contribution in [0.3, 0.4) is 0 Å². The summed E-state index contributed by atoms with van der Waals surface area (Å²) in [5.74, 6) is 1.01. The first-order valence-corrected chi connectivity index (χ1v) is 10.0. The number of benzene rings is 1. The fourth-order valence-electron chi connectivity index (χ4n) is 3.31. The van der Waals surface area contributed by atoms with Crippen LogP contribution >= 0.6 is 47.2 Å². The van der Waals surface area contributed by atoms with Gasteiger partial charge in [-0.25, -0.2) is 0 Å². The van der Waals surface area contributed by atoms with E-state index >= 15 is 0 Å². The molecule has 1 amide bonds. The highest BCUT2D eigenvalue weighted by Gasteiger charge is 2.23. The highest BCUT2D eigenvalue weighted by atomic mass is 127. The van der Waals surface area contributed by atoms with Crippen LogP contribution in [0, 0.1) is 5.92 Å². The van der Waals surface area contributed by atoms with E-state index in [2.05, 4.69) is 17.1 Å². The third-order valence-electron chi connectivity index (χ3n) is 4.52. The summed E-state index contributed by atoms with van der Waals surface area (Å²) in [6.45, 7) is 5.40. The Balaban J connectivity index is 0.00000364. The summed E-state index contributed by atoms with van der Waals surface area (Å²) in [5.41, 5.74) is 6.45. The van der Waals surface area contributed by atoms with Crippen LogP contribution in [0.4, 0.5) is 0 Å². The predicted octanol–water partition coefficient (Wildman–Crippen LogP) is 4.10. The van der Waals surface area contributed by atoms with Crippen molar-refractivity contribution in [1.82, 2.24) is 10.2 Å². The number of aryl methyl sites for hydroxylation is 1. The molecule has 1 heterocycles. The van der Waals surface area contributed by atoms with Gasteiger partial charge in [0.25, 0.3) is 0 Å². The average molecular weight is 527 g/mol. The number of carbonyl (C=O) groups is 1. The molecule has 1 aromatic carbocycles. The number of carbonyl (C=O) groups excluding carboxylic acids is 1. The molecule has 27 heavy (non-hydrogen) atoms. The lowest BCUT2D eigenvalue weighted by molar-refractivity contribution is -0.119. The Hall–Kier alpha value is -0.730. The first kappa shape index (κ1) is 24.3. The fourth-order valence-corrected chi connectivity index (χ4v) is 3.82. The Kier molecular flexibility index (Phi) is 11.4. The van der Waals surface area contributed by atoms with Gasteiger partial charge in [-0.05, 0) is 56.2 Å². The smallest absolute Gasteiger partial charge is 0.217 e. The minimum atomic E-state index is -0.223. The molecule has 1 saturated heterocycles. The van der Waals surface area contributed by atoms with Crippen LogP contribution in [-0.4, -0.2) is 42.9 Å². The quantitative estimate of drug-likeness (QED) is 0.243. The zero-order valence-electron chi connectivity index (χ0n) is 15.7. The standard InChI is InChI=1S/C19H28Cl2N4O.HI/c1-2-23-19(25-10-4-5-14(13-25)11-18(22)26)24-9-3-6-15-7-8-16(20)12-17(15)21;/h7-8,12,14H,2-6,9-11,13H2,1H3,(H2,22,26)(H,23,24);1H. The van der Waals surface area contributed by atoms with E-state index in [1.165, 1.54) is 0 Å². The van der Waals surface area contributed by atoms with Crippen molar-refractivity contribution < 1.29 is 4.79 Å². The van der Waals surface area contributed by atoms with Gasteiger partial charge in [0.2, 0.25) is 5.91 Å². The van der Waals surface area contributed by atoms with Gasteiger partial charge >= 0.3 is 0 Å². The lowest BCUT2D eigenvalue weighted by Gasteiger charge is -2.34. The van der Waals surface area contributed by atoms with Gasteiger partial charge in [0.05, 0.1) is 0 Å². The van der Waals surface area contributed by atoms with Crippen molar-refractivity contribution >= 4 is 59.0 Å². The molecule has 0 saturated carbocycles. The predicted molar refractivity (Wildman–Crippen MR) is 124 cm³/mol. The number of halogens is 3. The van der Waals surface area contributed by atoms with Crippen LogP contribution in [-0.2, 0) is 11.2 Å². The van der Waals surface area contributed by atoms with E-state index < -0.39 is 0 Å². The summed E-state index contributed by atoms with van der Waals surface area (Å²) >= 11 is 12.2. The Morgan fingerprint density at radius 3 is 2.85 bits per heavy atom. The van der Waals surface area contributed by atoms with Crippen molar-refractivity contribution in [3.63, 3.8) is 0 Å². The molecular formula is C19H29Cl2IN4O. The van der Waals surface area contributed by atoms with Crippen LogP contribution < -0.4 is 11.1 Å². The molecule has 1 unspecified atom stereocenters. The van der Waals surface area contributed by atoms with Crippen molar-refractivity contribution in [3.8, 4) is 0 Å². The fraction of sp³-hybridized carbons (Fsp3) is 0.579. The van der Waals surface area contributed by atoms with E-state index in [9.17, 15) is 4.79 Å². The van der Waals surface area contributed by atoms with E-state index in [0.717, 1.165) is 63.4 Å². The van der Waals surface area contributed by atoms with Crippen LogP contribution in [0.15, 0.2) is 23.2 Å². The molecule has 2 rings (SSSR count). The Bertz CT molecular complexity index is 642. The number of hydrogen-bond donors (Lipinski definition) is 2. The van der Waals surface area contributed by atoms with Gasteiger partial charge < -0.3 is 16.0 Å². The minimum absolute atomic E-state index is 0. The molecule has 1 atom stereocenters. The number of hydrogen-bond acceptors (Lipinski definition) is 2. The molecule has 1 aromatic rings. The second kappa shape index (κ2) is 12.7. The normalized spacial score (nSPS) is 17.4. The maximum atomic E-state index is 11.2. The van der Waals surface area contributed by atoms with Crippen molar-refractivity contribution in [2.75, 3.05) is 26.2 Å². The number of nitrogens with one attached hydrogen (secondary N) is 1. The maximum Gasteiger partial charge on any atom is 0.217 e. The monoisotopic (exact) mass is 526 g/mol. The van der Waals surface area contributed by atoms with Gasteiger partial charge in [-0.3, -0.25) is 9.79 Å². The number of rotatable bonds is 7. The zero-order chi connectivity index (χ0) is 18.9. The molecule has 1 fully saturated rings. The molecule has 0 aromatic heterocycles. The highest BCUT2D eigenvalue weighted by Crippen LogP contribution is 2.22. The summed E-state index contributed by atoms with van der Waals surface area (Å²) in [5, 5.41) is 4.72. The average Bonchev–Trinajstić information content (AvgIpc) is 2.59. The van der Waals surface area contributed by atoms with Gasteiger partial charge in [-0.15, -0.1) is 24.0 Å². The number of amides is 1. The Morgan fingerprint density at radius 2 is 2.19 bits per heavy atom. The second-order valence-electron chi connectivity index (χ2n) is 6.70. The largest absolute Gasteiger partial charge is 0.370 e. The van der Waals surface area contributed by atoms with E-state index in [4.69, 9.17) is 33.9 Å². The SMILES string of the molecule is CCNC(=NCCCc1ccc(Cl)cc1Cl)N1CCCC(CC(N)=O)C1.I. The number of piperidine rings is 1. The highest BCUT2D eigenvalue weighted by molar-refractivity contribution is 14.0. The number of nitrogens with two attached hydrogens (primary N) is 1. The molecule has 1 aliphatic heterocycles. The van der Waals surface area contributed by atoms with Gasteiger partial charge in [-0.2, -0.15) is 0 Å². The molecular weight excluding hydrogens is 498 g/mol. The lowest BCUT2D eigenvalue weighted by atomic mass is 9.95. The number of aliphatic imine (C=N–C) groups is 1. The van der Waals surface area contributed by atoms with Gasteiger partial charge in [0, 0.05) is 42.6 Å². The molecule has 0 bridgehead atoms. The van der Waals surface area contributed by atoms with Gasteiger partial charge in [-0.1, -0.05) is 29.3 Å². The van der Waals surface area contributed by atoms with Crippen LogP contribution in [0.5, 0.6) is 0 Å². The maximum absolute atomic E-state index is 11.2. The third-order valence-corrected chi connectivity index (χ3v) is 5.11. The van der Waals surface area contributed by atoms with Crippen molar-refractivity contribution in [2.45, 2.75) is 39.0 Å². The Morgan fingerprint density at radius 1 is 1.41 bits per heavy atom. The topological polar surface area (TPSA) is 70.7 Å². The molecule has 152 valence electrons. The van der Waals surface area contributed by atoms with Crippen molar-refractivity contribution in [2.24, 2.45) is 16.6 Å². The molecule has 0 radical (unpaired) electrons. The first-order chi connectivity index (χ1) is 12.5. The van der Waals surface area contributed by atoms with Gasteiger partial charge in [0.15, 0.2) is 5.96 Å². The van der Waals surface area contributed by atoms with E-state index in [1.807, 2.05) is 12.1 Å². The van der Waals surface area contributed by atoms with Gasteiger partial charge in [0.1, 0.15) is 0 Å². The summed E-state index contributed by atoms with van der Waals surface area (Å²) in [7, 11) is 0. The number of primary amides is 1. The van der Waals surface area contributed by atoms with E-state index in [0.29, 0.717) is 22.4 Å². The van der Waals surface area contributed by atoms with E-state index in [1.54, 1.807) is 6.07 Å². The molecule has 5 nitrogen and oxygen atoms in total. The number of nitrogens with zero attached hydrogens (tertiary/aromatic N) is 2. The summed E-state index contributed by atoms with van der Waals surface area (Å²) in [6.07, 6.45) is 4.33. The molecule has 1 aliphatic rings. The van der Waals surface area contributed by atoms with E-state index in [-0.39, 0.29) is 29.9 Å². The van der Waals surface area contributed by atoms with Crippen LogP contribution in [0.25, 0.3) is 0 Å². The molecule has 8 heteroatoms. The van der Waals surface area contributed by atoms with Crippen LogP contribution in [0.1, 0.15) is 38.2 Å². The first-order valence-electron chi connectivity index (χ1n) is 9.25. The van der Waals surface area contributed by atoms with Crippen molar-refractivity contribution in [3.05, 3.63) is 33.8 Å². The second-order valence-corrected chi connectivity index (χ2v) is 7.54. The number of guanidine groups is 1. The molecule has 0 aliphatic carbocycles. The minimum Gasteiger partial charge on any atom is -0.370 e. The van der Waals surface area contributed by atoms with Crippen LogP contribution in [0.2, 0.25) is 10.0 Å². The lowest BCUT2D eigenvalue weighted by Crippen LogP contribution is -2.47. The summed E-state index contributed by atoms with van der Waals surface area (Å²) < 4.78 is 0. The Labute approximate surface area is 189 Å². The summed E-state index contributed by atoms with van der Waals surface area (Å²) in [6, 6.07) is 5.61. The van der Waals surface area contributed by atoms with Crippen molar-refractivity contribution in [1.29, 1.82) is 0 Å². The molecule has 0 spiro atoms. The third kappa shape index (κ3) is 8.44. The summed E-state index contributed by atoms with van der Waals surface area (Å²) in [4.78, 5) is 18.2. The zero-order valence-corrected chi connectivity index (χ0v) is 19.6. The molecule has 3 N–H and O–H groups in total.